The summed E-state index contributed by atoms with van der Waals surface area (Å²) in [5.41, 5.74) is -0.881. The van der Waals surface area contributed by atoms with Crippen LogP contribution in [0, 0.1) is 0 Å². The molecule has 1 aromatic heterocycles. The van der Waals surface area contributed by atoms with Gasteiger partial charge in [-0.25, -0.2) is 4.98 Å². The van der Waals surface area contributed by atoms with Gasteiger partial charge in [-0.15, -0.1) is 11.8 Å². The van der Waals surface area contributed by atoms with Crippen molar-refractivity contribution in [3.8, 4) is 0 Å². The van der Waals surface area contributed by atoms with Crippen molar-refractivity contribution < 1.29 is 18.0 Å². The number of hydrogen-bond donors (Lipinski definition) is 0. The average molecular weight is 464 g/mol. The van der Waals surface area contributed by atoms with E-state index in [1.54, 1.807) is 21.9 Å². The minimum absolute atomic E-state index is 0.0103. The Labute approximate surface area is 181 Å². The normalized spacial score (nSPS) is 16.1. The molecule has 29 heavy (non-hydrogen) atoms. The molecule has 0 radical (unpaired) electrons. The number of hydrogen-bond acceptors (Lipinski definition) is 4. The molecule has 1 saturated heterocycles. The second-order valence-corrected chi connectivity index (χ2v) is 8.81. The van der Waals surface area contributed by atoms with Crippen LogP contribution in [0.3, 0.4) is 0 Å². The van der Waals surface area contributed by atoms with Gasteiger partial charge in [0.1, 0.15) is 5.82 Å². The summed E-state index contributed by atoms with van der Waals surface area (Å²) < 4.78 is 38.3. The summed E-state index contributed by atoms with van der Waals surface area (Å²) in [4.78, 5) is 21.1. The molecule has 2 aromatic rings. The Morgan fingerprint density at radius 2 is 1.76 bits per heavy atom. The average Bonchev–Trinajstić information content (AvgIpc) is 2.68. The van der Waals surface area contributed by atoms with Gasteiger partial charge in [0, 0.05) is 42.3 Å². The van der Waals surface area contributed by atoms with Gasteiger partial charge in [0.05, 0.1) is 15.8 Å². The van der Waals surface area contributed by atoms with Crippen LogP contribution in [-0.2, 0) is 11.0 Å². The molecule has 1 atom stereocenters. The maximum absolute atomic E-state index is 12.8. The first-order chi connectivity index (χ1) is 13.6. The molecule has 1 amide bonds. The molecular weight excluding hydrogens is 446 g/mol. The van der Waals surface area contributed by atoms with E-state index < -0.39 is 11.7 Å². The zero-order chi connectivity index (χ0) is 21.2. The van der Waals surface area contributed by atoms with E-state index in [9.17, 15) is 18.0 Å². The van der Waals surface area contributed by atoms with Gasteiger partial charge in [0.2, 0.25) is 5.91 Å². The van der Waals surface area contributed by atoms with Crippen molar-refractivity contribution in [2.75, 3.05) is 31.1 Å². The topological polar surface area (TPSA) is 36.4 Å². The second-order valence-electron chi connectivity index (χ2n) is 6.55. The number of rotatable bonds is 4. The third-order valence-corrected chi connectivity index (χ3v) is 6.14. The standard InChI is InChI=1S/C19H18Cl2F3N3OS/c1-12(29-15-4-2-14(20)3-5-15)18(28)27-8-6-26(7-9-27)17-16(21)10-13(11-25-17)19(22,23)24/h2-5,10-12H,6-9H2,1H3/t12-/m1/s1. The van der Waals surface area contributed by atoms with E-state index in [0.29, 0.717) is 37.0 Å². The van der Waals surface area contributed by atoms with Crippen LogP contribution in [0.4, 0.5) is 19.0 Å². The lowest BCUT2D eigenvalue weighted by molar-refractivity contribution is -0.137. The molecule has 10 heteroatoms. The molecule has 156 valence electrons. The summed E-state index contributed by atoms with van der Waals surface area (Å²) >= 11 is 13.4. The first-order valence-electron chi connectivity index (χ1n) is 8.84. The number of carbonyl (C=O) groups excluding carboxylic acids is 1. The SMILES string of the molecule is C[C@@H](Sc1ccc(Cl)cc1)C(=O)N1CCN(c2ncc(C(F)(F)F)cc2Cl)CC1. The quantitative estimate of drug-likeness (QED) is 0.581. The number of amides is 1. The fourth-order valence-corrected chi connectivity index (χ4v) is 4.35. The highest BCUT2D eigenvalue weighted by molar-refractivity contribution is 8.00. The van der Waals surface area contributed by atoms with Crippen molar-refractivity contribution in [2.24, 2.45) is 0 Å². The van der Waals surface area contributed by atoms with Crippen LogP contribution in [0.1, 0.15) is 12.5 Å². The van der Waals surface area contributed by atoms with Crippen LogP contribution in [0.2, 0.25) is 10.0 Å². The Hall–Kier alpha value is -1.64. The van der Waals surface area contributed by atoms with Crippen molar-refractivity contribution in [2.45, 2.75) is 23.2 Å². The number of nitrogens with zero attached hydrogens (tertiary/aromatic N) is 3. The third-order valence-electron chi connectivity index (χ3n) is 4.51. The molecule has 0 saturated carbocycles. The predicted octanol–water partition coefficient (Wildman–Crippen LogP) is 5.24. The lowest BCUT2D eigenvalue weighted by Gasteiger charge is -2.36. The number of benzene rings is 1. The highest BCUT2D eigenvalue weighted by Gasteiger charge is 2.33. The molecule has 0 N–H and O–H groups in total. The molecule has 0 aliphatic carbocycles. The van der Waals surface area contributed by atoms with Gasteiger partial charge in [-0.1, -0.05) is 23.2 Å². The largest absolute Gasteiger partial charge is 0.417 e. The molecular formula is C19H18Cl2F3N3OS. The van der Waals surface area contributed by atoms with Gasteiger partial charge < -0.3 is 9.80 Å². The Balaban J connectivity index is 1.58. The van der Waals surface area contributed by atoms with Gasteiger partial charge in [-0.2, -0.15) is 13.2 Å². The summed E-state index contributed by atoms with van der Waals surface area (Å²) in [7, 11) is 0. The van der Waals surface area contributed by atoms with Gasteiger partial charge >= 0.3 is 6.18 Å². The smallest absolute Gasteiger partial charge is 0.352 e. The maximum atomic E-state index is 12.8. The molecule has 1 fully saturated rings. The Kier molecular flexibility index (Phi) is 6.86. The lowest BCUT2D eigenvalue weighted by atomic mass is 10.2. The molecule has 0 unspecified atom stereocenters. The van der Waals surface area contributed by atoms with Crippen LogP contribution in [-0.4, -0.2) is 47.2 Å². The van der Waals surface area contributed by atoms with Crippen molar-refractivity contribution in [1.82, 2.24) is 9.88 Å². The van der Waals surface area contributed by atoms with Crippen LogP contribution in [0.25, 0.3) is 0 Å². The Morgan fingerprint density at radius 1 is 1.14 bits per heavy atom. The van der Waals surface area contributed by atoms with E-state index in [0.717, 1.165) is 17.2 Å². The third kappa shape index (κ3) is 5.49. The van der Waals surface area contributed by atoms with Crippen LogP contribution in [0.5, 0.6) is 0 Å². The highest BCUT2D eigenvalue weighted by Crippen LogP contribution is 2.34. The first kappa shape index (κ1) is 22.1. The number of anilines is 1. The zero-order valence-corrected chi connectivity index (χ0v) is 17.7. The fraction of sp³-hybridized carbons (Fsp3) is 0.368. The van der Waals surface area contributed by atoms with Crippen molar-refractivity contribution in [3.05, 3.63) is 52.1 Å². The summed E-state index contributed by atoms with van der Waals surface area (Å²) in [6.07, 6.45) is -3.71. The molecule has 1 aliphatic rings. The van der Waals surface area contributed by atoms with Gasteiger partial charge in [-0.05, 0) is 37.3 Å². The highest BCUT2D eigenvalue weighted by atomic mass is 35.5. The molecule has 1 aliphatic heterocycles. The van der Waals surface area contributed by atoms with E-state index in [1.165, 1.54) is 11.8 Å². The molecule has 4 nitrogen and oxygen atoms in total. The molecule has 0 spiro atoms. The Morgan fingerprint density at radius 3 is 2.31 bits per heavy atom. The van der Waals surface area contributed by atoms with E-state index >= 15 is 0 Å². The second kappa shape index (κ2) is 9.02. The number of thioether (sulfide) groups is 1. The zero-order valence-electron chi connectivity index (χ0n) is 15.4. The number of halogens is 5. The van der Waals surface area contributed by atoms with Crippen molar-refractivity contribution in [3.63, 3.8) is 0 Å². The fourth-order valence-electron chi connectivity index (χ4n) is 2.98. The summed E-state index contributed by atoms with van der Waals surface area (Å²) in [6.45, 7) is 3.64. The van der Waals surface area contributed by atoms with E-state index in [-0.39, 0.29) is 16.2 Å². The maximum Gasteiger partial charge on any atom is 0.417 e. The summed E-state index contributed by atoms with van der Waals surface area (Å²) in [5, 5.41) is 0.321. The monoisotopic (exact) mass is 463 g/mol. The predicted molar refractivity (Wildman–Crippen MR) is 110 cm³/mol. The number of pyridine rings is 1. The van der Waals surface area contributed by atoms with Crippen LogP contribution in [0.15, 0.2) is 41.4 Å². The minimum atomic E-state index is -4.49. The Bertz CT molecular complexity index is 872. The molecule has 3 rings (SSSR count). The van der Waals surface area contributed by atoms with E-state index in [1.807, 2.05) is 19.1 Å². The lowest BCUT2D eigenvalue weighted by Crippen LogP contribution is -2.51. The number of aromatic nitrogens is 1. The number of alkyl halides is 3. The van der Waals surface area contributed by atoms with Crippen LogP contribution >= 0.6 is 35.0 Å². The minimum Gasteiger partial charge on any atom is -0.352 e. The molecule has 0 bridgehead atoms. The van der Waals surface area contributed by atoms with Crippen LogP contribution < -0.4 is 4.90 Å². The molecule has 1 aromatic carbocycles. The van der Waals surface area contributed by atoms with Crippen molar-refractivity contribution >= 4 is 46.7 Å². The summed E-state index contributed by atoms with van der Waals surface area (Å²) in [6, 6.07) is 8.17. The summed E-state index contributed by atoms with van der Waals surface area (Å²) in [5.74, 6) is 0.312. The first-order valence-corrected chi connectivity index (χ1v) is 10.5. The van der Waals surface area contributed by atoms with Gasteiger partial charge in [0.25, 0.3) is 0 Å². The van der Waals surface area contributed by atoms with E-state index in [2.05, 4.69) is 4.98 Å². The number of piperazine rings is 1. The van der Waals surface area contributed by atoms with Gasteiger partial charge in [-0.3, -0.25) is 4.79 Å². The number of carbonyl (C=O) groups is 1. The van der Waals surface area contributed by atoms with Crippen molar-refractivity contribution in [1.29, 1.82) is 0 Å². The van der Waals surface area contributed by atoms with Gasteiger partial charge in [0.15, 0.2) is 0 Å². The molecule has 2 heterocycles. The van der Waals surface area contributed by atoms with E-state index in [4.69, 9.17) is 23.2 Å².